The fourth-order valence-corrected chi connectivity index (χ4v) is 1.90. The topological polar surface area (TPSA) is 78.4 Å². The Balaban J connectivity index is 2.03. The number of rotatable bonds is 3. The third kappa shape index (κ3) is 2.07. The molecule has 20 heavy (non-hydrogen) atoms. The first kappa shape index (κ1) is 12.2. The third-order valence-corrected chi connectivity index (χ3v) is 2.88. The van der Waals surface area contributed by atoms with E-state index in [1.807, 2.05) is 0 Å². The summed E-state index contributed by atoms with van der Waals surface area (Å²) < 4.78 is 17.7. The molecule has 0 atom stereocenters. The van der Waals surface area contributed by atoms with Crippen LogP contribution in [0.2, 0.25) is 0 Å². The second kappa shape index (κ2) is 4.65. The highest BCUT2D eigenvalue weighted by molar-refractivity contribution is 5.91. The smallest absolute Gasteiger partial charge is 0.267 e. The van der Waals surface area contributed by atoms with Crippen molar-refractivity contribution >= 4 is 16.9 Å². The number of halogens is 1. The zero-order valence-electron chi connectivity index (χ0n) is 10.2. The third-order valence-electron chi connectivity index (χ3n) is 2.88. The highest BCUT2D eigenvalue weighted by Crippen LogP contribution is 2.30. The average Bonchev–Trinajstić information content (AvgIpc) is 2.90. The van der Waals surface area contributed by atoms with E-state index >= 15 is 0 Å². The number of hydrogen-bond acceptors (Lipinski definition) is 4. The summed E-state index contributed by atoms with van der Waals surface area (Å²) in [6, 6.07) is 9.52. The van der Waals surface area contributed by atoms with Crippen LogP contribution in [0.15, 0.2) is 47.0 Å². The van der Waals surface area contributed by atoms with Crippen molar-refractivity contribution in [3.05, 3.63) is 48.3 Å². The number of hydrogen-bond donors (Lipinski definition) is 1. The molecule has 0 saturated carbocycles. The number of amides is 1. The Bertz CT molecular complexity index is 781. The van der Waals surface area contributed by atoms with Gasteiger partial charge in [-0.15, -0.1) is 0 Å². The molecule has 2 heterocycles. The Morgan fingerprint density at radius 1 is 1.25 bits per heavy atom. The lowest BCUT2D eigenvalue weighted by Gasteiger charge is -1.97. The molecule has 0 spiro atoms. The van der Waals surface area contributed by atoms with E-state index in [4.69, 9.17) is 10.2 Å². The molecule has 2 N–H and O–H groups in total. The molecule has 3 rings (SSSR count). The number of carbonyl (C=O) groups is 1. The van der Waals surface area contributed by atoms with Crippen molar-refractivity contribution in [2.75, 3.05) is 0 Å². The highest BCUT2D eigenvalue weighted by atomic mass is 19.3. The summed E-state index contributed by atoms with van der Waals surface area (Å²) in [4.78, 5) is 18.6. The van der Waals surface area contributed by atoms with E-state index in [-0.39, 0.29) is 11.4 Å². The molecule has 0 unspecified atom stereocenters. The molecule has 0 aliphatic carbocycles. The molecule has 0 radical (unpaired) electrons. The van der Waals surface area contributed by atoms with Gasteiger partial charge in [0.1, 0.15) is 17.0 Å². The summed E-state index contributed by atoms with van der Waals surface area (Å²) in [6.45, 7) is 0. The van der Waals surface area contributed by atoms with Gasteiger partial charge in [0.25, 0.3) is 5.91 Å². The molecular weight excluding hydrogens is 263 g/mol. The molecule has 2 aromatic heterocycles. The summed E-state index contributed by atoms with van der Waals surface area (Å²) in [7, 11) is 0. The molecule has 3 aromatic rings. The summed E-state index contributed by atoms with van der Waals surface area (Å²) in [5.41, 5.74) is 6.59. The van der Waals surface area contributed by atoms with Crippen molar-refractivity contribution in [1.29, 1.82) is 0 Å². The lowest BCUT2D eigenvalue weighted by Crippen LogP contribution is -2.12. The lowest BCUT2D eigenvalue weighted by atomic mass is 10.2. The number of carbonyl (C=O) groups excluding carboxylic acids is 1. The van der Waals surface area contributed by atoms with Crippen molar-refractivity contribution in [3.63, 3.8) is 0 Å². The first-order valence-corrected chi connectivity index (χ1v) is 5.76. The Morgan fingerprint density at radius 2 is 2.10 bits per heavy atom. The Morgan fingerprint density at radius 3 is 2.75 bits per heavy atom. The minimum absolute atomic E-state index is 0.104. The van der Waals surface area contributed by atoms with Crippen LogP contribution in [0.3, 0.4) is 0 Å². The summed E-state index contributed by atoms with van der Waals surface area (Å²) in [6.07, 6.45) is 1.49. The van der Waals surface area contributed by atoms with Crippen LogP contribution in [0.25, 0.3) is 22.3 Å². The number of nitrogens with two attached hydrogens (primary N) is 1. The Labute approximate surface area is 112 Å². The van der Waals surface area contributed by atoms with Gasteiger partial charge in [0.2, 0.25) is 0 Å². The van der Waals surface area contributed by atoms with E-state index in [1.54, 1.807) is 18.2 Å². The van der Waals surface area contributed by atoms with Gasteiger partial charge in [-0.3, -0.25) is 14.7 Å². The number of furan rings is 1. The van der Waals surface area contributed by atoms with E-state index < -0.39 is 5.91 Å². The van der Waals surface area contributed by atoms with E-state index in [0.717, 1.165) is 0 Å². The van der Waals surface area contributed by atoms with Gasteiger partial charge in [0.15, 0.2) is 5.75 Å². The van der Waals surface area contributed by atoms with Gasteiger partial charge in [0, 0.05) is 21.7 Å². The van der Waals surface area contributed by atoms with E-state index in [0.29, 0.717) is 22.3 Å². The van der Waals surface area contributed by atoms with Crippen molar-refractivity contribution in [2.24, 2.45) is 5.73 Å². The zero-order valence-corrected chi connectivity index (χ0v) is 10.2. The molecule has 0 bridgehead atoms. The summed E-state index contributed by atoms with van der Waals surface area (Å²) in [5, 5.41) is 0.703. The van der Waals surface area contributed by atoms with Gasteiger partial charge in [0.05, 0.1) is 0 Å². The molecule has 0 aliphatic heterocycles. The minimum atomic E-state index is -0.592. The molecule has 5 nitrogen and oxygen atoms in total. The quantitative estimate of drug-likeness (QED) is 0.795. The maximum atomic E-state index is 12.1. The monoisotopic (exact) mass is 272 g/mol. The van der Waals surface area contributed by atoms with Crippen molar-refractivity contribution < 1.29 is 18.7 Å². The van der Waals surface area contributed by atoms with Crippen molar-refractivity contribution in [2.45, 2.75) is 0 Å². The van der Waals surface area contributed by atoms with Crippen LogP contribution < -0.4 is 10.7 Å². The first-order chi connectivity index (χ1) is 9.67. The van der Waals surface area contributed by atoms with E-state index in [1.165, 1.54) is 24.4 Å². The number of fused-ring (bicyclic) bond motifs is 1. The van der Waals surface area contributed by atoms with Gasteiger partial charge in [-0.2, -0.15) is 0 Å². The molecule has 0 aliphatic rings. The number of benzene rings is 1. The number of pyridine rings is 1. The normalized spacial score (nSPS) is 10.7. The number of aromatic nitrogens is 1. The minimum Gasteiger partial charge on any atom is -0.456 e. The maximum Gasteiger partial charge on any atom is 0.267 e. The summed E-state index contributed by atoms with van der Waals surface area (Å²) >= 11 is 0. The van der Waals surface area contributed by atoms with Gasteiger partial charge < -0.3 is 10.2 Å². The van der Waals surface area contributed by atoms with Crippen LogP contribution in [0.5, 0.6) is 5.75 Å². The molecule has 1 amide bonds. The largest absolute Gasteiger partial charge is 0.456 e. The molecule has 6 heteroatoms. The van der Waals surface area contributed by atoms with Gasteiger partial charge in [-0.25, -0.2) is 0 Å². The molecule has 0 saturated heterocycles. The maximum absolute atomic E-state index is 12.1. The number of nitrogens with zero attached hydrogens (tertiary/aromatic N) is 1. The fraction of sp³-hybridized carbons (Fsp3) is 0. The van der Waals surface area contributed by atoms with E-state index in [2.05, 4.69) is 9.93 Å². The fourth-order valence-electron chi connectivity index (χ4n) is 1.90. The number of primary amides is 1. The Kier molecular flexibility index (Phi) is 2.83. The molecule has 0 fully saturated rings. The van der Waals surface area contributed by atoms with Gasteiger partial charge in [-0.1, -0.05) is 0 Å². The first-order valence-electron chi connectivity index (χ1n) is 5.76. The predicted octanol–water partition coefficient (Wildman–Crippen LogP) is 2.86. The van der Waals surface area contributed by atoms with Crippen LogP contribution in [-0.2, 0) is 0 Å². The molecule has 100 valence electrons. The molecule has 1 aromatic carbocycles. The Hall–Kier alpha value is -2.89. The van der Waals surface area contributed by atoms with Crippen LogP contribution in [0, 0.1) is 0 Å². The lowest BCUT2D eigenvalue weighted by molar-refractivity contribution is -0.00604. The summed E-state index contributed by atoms with van der Waals surface area (Å²) in [5.74, 6) is 0.0671. The second-order valence-corrected chi connectivity index (χ2v) is 4.18. The molecular formula is C14H9FN2O3. The predicted molar refractivity (Wildman–Crippen MR) is 69.7 cm³/mol. The van der Waals surface area contributed by atoms with Crippen molar-refractivity contribution in [1.82, 2.24) is 4.98 Å². The van der Waals surface area contributed by atoms with Gasteiger partial charge >= 0.3 is 0 Å². The van der Waals surface area contributed by atoms with Crippen LogP contribution in [0.4, 0.5) is 4.53 Å². The SMILES string of the molecule is NC(=O)c1ccc(-c2cc3cc(OF)ccc3o2)cn1. The second-order valence-electron chi connectivity index (χ2n) is 4.18. The van der Waals surface area contributed by atoms with Crippen LogP contribution in [-0.4, -0.2) is 10.9 Å². The van der Waals surface area contributed by atoms with Crippen LogP contribution in [0.1, 0.15) is 10.5 Å². The average molecular weight is 272 g/mol. The van der Waals surface area contributed by atoms with E-state index in [9.17, 15) is 9.32 Å². The zero-order chi connectivity index (χ0) is 14.1. The van der Waals surface area contributed by atoms with Crippen LogP contribution >= 0.6 is 0 Å². The standard InChI is InChI=1S/C14H9FN2O3/c15-20-10-2-4-12-9(5-10)6-13(19-12)8-1-3-11(14(16)18)17-7-8/h1-7H,(H2,16,18). The van der Waals surface area contributed by atoms with Crippen molar-refractivity contribution in [3.8, 4) is 17.1 Å². The van der Waals surface area contributed by atoms with Gasteiger partial charge in [-0.05, 0) is 36.4 Å². The highest BCUT2D eigenvalue weighted by Gasteiger charge is 2.09.